The van der Waals surface area contributed by atoms with Crippen molar-refractivity contribution in [3.8, 4) is 0 Å². The number of rotatable bonds is 14. The van der Waals surface area contributed by atoms with Gasteiger partial charge in [-0.25, -0.2) is 14.6 Å². The number of nitrogens with zero attached hydrogens (tertiary/aromatic N) is 4. The van der Waals surface area contributed by atoms with Crippen molar-refractivity contribution in [1.29, 1.82) is 0 Å². The summed E-state index contributed by atoms with van der Waals surface area (Å²) in [5.41, 5.74) is 6.55. The van der Waals surface area contributed by atoms with Gasteiger partial charge in [0.1, 0.15) is 47.0 Å². The van der Waals surface area contributed by atoms with Gasteiger partial charge >= 0.3 is 12.1 Å². The molecule has 4 aliphatic rings. The van der Waals surface area contributed by atoms with Crippen molar-refractivity contribution in [2.45, 2.75) is 56.0 Å². The summed E-state index contributed by atoms with van der Waals surface area (Å²) in [7, 11) is 4.13. The second-order valence-electron chi connectivity index (χ2n) is 11.7. The van der Waals surface area contributed by atoms with Crippen LogP contribution in [-0.2, 0) is 52.5 Å². The molecule has 52 heavy (non-hydrogen) atoms. The van der Waals surface area contributed by atoms with E-state index in [4.69, 9.17) is 34.3 Å². The van der Waals surface area contributed by atoms with Gasteiger partial charge in [0.15, 0.2) is 10.8 Å². The average Bonchev–Trinajstić information content (AvgIpc) is 3.52. The van der Waals surface area contributed by atoms with E-state index in [0.717, 1.165) is 11.3 Å². The average molecular weight is 784 g/mol. The Morgan fingerprint density at radius 3 is 2.02 bits per heavy atom. The van der Waals surface area contributed by atoms with Crippen LogP contribution in [0.4, 0.5) is 9.93 Å². The van der Waals surface area contributed by atoms with Gasteiger partial charge in [0.2, 0.25) is 6.29 Å². The van der Waals surface area contributed by atoms with E-state index in [0.29, 0.717) is 11.1 Å². The van der Waals surface area contributed by atoms with Crippen LogP contribution in [0.2, 0.25) is 0 Å². The first-order chi connectivity index (χ1) is 24.8. The topological polar surface area (TPSA) is 240 Å². The number of carbonyl (C=O) groups excluding carboxylic acids is 6. The van der Waals surface area contributed by atoms with Crippen LogP contribution in [0, 0.1) is 0 Å². The lowest BCUT2D eigenvalue weighted by Crippen LogP contribution is -2.73. The third-order valence-corrected chi connectivity index (χ3v) is 11.1. The summed E-state index contributed by atoms with van der Waals surface area (Å²) in [5.74, 6) is -3.02. The highest BCUT2D eigenvalue weighted by atomic mass is 32.2. The third-order valence-electron chi connectivity index (χ3n) is 7.74. The van der Waals surface area contributed by atoms with E-state index in [-0.39, 0.29) is 52.7 Å². The molecule has 2 fully saturated rings. The maximum Gasteiger partial charge on any atom is 0.511 e. The molecule has 5 atom stereocenters. The molecule has 282 valence electrons. The summed E-state index contributed by atoms with van der Waals surface area (Å²) < 4.78 is 25.8. The number of hydrogen-bond acceptors (Lipinski definition) is 18. The van der Waals surface area contributed by atoms with E-state index < -0.39 is 71.0 Å². The second-order valence-corrected chi connectivity index (χ2v) is 14.8. The van der Waals surface area contributed by atoms with Crippen LogP contribution in [0.1, 0.15) is 26.5 Å². The van der Waals surface area contributed by atoms with Crippen molar-refractivity contribution in [2.75, 3.05) is 51.8 Å². The predicted molar refractivity (Wildman–Crippen MR) is 186 cm³/mol. The van der Waals surface area contributed by atoms with Crippen molar-refractivity contribution >= 4 is 81.5 Å². The number of nitrogen functional groups attached to an aromatic ring is 1. The largest absolute Gasteiger partial charge is 0.511 e. The number of carbonyl (C=O) groups is 6. The van der Waals surface area contributed by atoms with E-state index in [1.165, 1.54) is 67.0 Å². The first kappa shape index (κ1) is 38.8. The Kier molecular flexibility index (Phi) is 12.3. The number of anilines is 1. The molecule has 0 bridgehead atoms. The van der Waals surface area contributed by atoms with E-state index in [2.05, 4.69) is 20.8 Å². The minimum absolute atomic E-state index is 0.000667. The minimum atomic E-state index is -1.34. The van der Waals surface area contributed by atoms with Gasteiger partial charge in [0.25, 0.3) is 23.6 Å². The maximum absolute atomic E-state index is 13.9. The molecule has 0 radical (unpaired) electrons. The van der Waals surface area contributed by atoms with Crippen molar-refractivity contribution in [3.63, 3.8) is 0 Å². The Hall–Kier alpha value is -4.38. The highest BCUT2D eigenvalue weighted by molar-refractivity contribution is 8.00. The molecule has 4 amide bonds. The molecule has 0 spiro atoms. The zero-order valence-electron chi connectivity index (χ0n) is 28.9. The fourth-order valence-corrected chi connectivity index (χ4v) is 8.84. The number of aromatic nitrogens is 1. The fraction of sp³-hybridized carbons (Fsp3) is 0.533. The van der Waals surface area contributed by atoms with E-state index in [1.807, 2.05) is 0 Å². The molecule has 22 heteroatoms. The smallest absolute Gasteiger partial charge is 0.431 e. The van der Waals surface area contributed by atoms with Gasteiger partial charge in [0, 0.05) is 38.0 Å². The van der Waals surface area contributed by atoms with E-state index >= 15 is 0 Å². The van der Waals surface area contributed by atoms with Crippen LogP contribution in [-0.4, -0.2) is 138 Å². The van der Waals surface area contributed by atoms with Crippen LogP contribution < -0.4 is 16.4 Å². The highest BCUT2D eigenvalue weighted by Gasteiger charge is 2.57. The van der Waals surface area contributed by atoms with Crippen LogP contribution in [0.15, 0.2) is 33.1 Å². The number of oxime groups is 1. The molecule has 5 heterocycles. The molecular formula is C30H37N7O12S3. The molecule has 1 aromatic heterocycles. The summed E-state index contributed by atoms with van der Waals surface area (Å²) in [6.45, 7) is 4.60. The summed E-state index contributed by atoms with van der Waals surface area (Å²) in [5, 5.41) is 9.49. The Morgan fingerprint density at radius 1 is 0.904 bits per heavy atom. The lowest BCUT2D eigenvalue weighted by molar-refractivity contribution is -0.169. The van der Waals surface area contributed by atoms with E-state index in [9.17, 15) is 28.8 Å². The SMILES string of the molecule is COCC1=C(C(=O)N[C@H]2C(=O)N3C(C(=O)O[C@H](C)OC(=O)OC(C)C)=C(COC)CS[C@@H]23)N2C(=O)[C@@H](NC(=O)/C(=N\OC)c3csc(N)n3)[C@H]2SC1. The lowest BCUT2D eigenvalue weighted by Gasteiger charge is -2.52. The van der Waals surface area contributed by atoms with Crippen molar-refractivity contribution in [1.82, 2.24) is 25.4 Å². The van der Waals surface area contributed by atoms with Crippen LogP contribution >= 0.6 is 34.9 Å². The zero-order valence-corrected chi connectivity index (χ0v) is 31.3. The number of amides is 4. The van der Waals surface area contributed by atoms with Gasteiger partial charge in [0.05, 0.1) is 19.3 Å². The van der Waals surface area contributed by atoms with Crippen LogP contribution in [0.25, 0.3) is 0 Å². The Labute approximate surface area is 309 Å². The number of fused-ring (bicyclic) bond motifs is 2. The van der Waals surface area contributed by atoms with Gasteiger partial charge in [-0.1, -0.05) is 5.16 Å². The molecule has 2 saturated heterocycles. The summed E-state index contributed by atoms with van der Waals surface area (Å²) in [6, 6.07) is -2.10. The summed E-state index contributed by atoms with van der Waals surface area (Å²) >= 11 is 3.71. The number of esters is 1. The molecule has 0 aliphatic carbocycles. The second kappa shape index (κ2) is 16.5. The maximum atomic E-state index is 13.9. The number of thioether (sulfide) groups is 2. The fourth-order valence-electron chi connectivity index (χ4n) is 5.64. The number of nitrogens with two attached hydrogens (primary N) is 1. The predicted octanol–water partition coefficient (Wildman–Crippen LogP) is 0.127. The molecule has 4 N–H and O–H groups in total. The molecular weight excluding hydrogens is 747 g/mol. The third kappa shape index (κ3) is 7.84. The van der Waals surface area contributed by atoms with Crippen molar-refractivity contribution in [2.24, 2.45) is 5.16 Å². The van der Waals surface area contributed by atoms with Crippen molar-refractivity contribution < 1.29 is 57.3 Å². The number of hydrogen-bond donors (Lipinski definition) is 3. The first-order valence-corrected chi connectivity index (χ1v) is 18.6. The zero-order chi connectivity index (χ0) is 37.9. The van der Waals surface area contributed by atoms with Crippen LogP contribution in [0.3, 0.4) is 0 Å². The number of β-lactam (4-membered cyclic amide) rings is 2. The summed E-state index contributed by atoms with van der Waals surface area (Å²) in [4.78, 5) is 90.8. The highest BCUT2D eigenvalue weighted by Crippen LogP contribution is 2.43. The molecule has 19 nitrogen and oxygen atoms in total. The standard InChI is InChI=1S/C30H37N7O12S3/c1-12(2)47-30(43)49-13(3)48-28(42)21-15(8-45-5)10-51-27-19(25(41)37(21)27)34-23(39)20-14(7-44-4)9-50-26-18(24(40)36(20)26)33-22(38)17(35-46-6)16-11-52-29(31)32-16/h11-13,18-19,26-27H,7-10H2,1-6H3,(H2,31,32)(H,33,38)(H,34,39)/b35-17-/t13-,18+,19-,26+,27-/m0/s1. The lowest BCUT2D eigenvalue weighted by atomic mass is 10.00. The van der Waals surface area contributed by atoms with Gasteiger partial charge in [-0.15, -0.1) is 34.9 Å². The number of ether oxygens (including phenoxy) is 5. The molecule has 4 aliphatic heterocycles. The van der Waals surface area contributed by atoms with Crippen molar-refractivity contribution in [3.05, 3.63) is 33.6 Å². The molecule has 1 aromatic rings. The van der Waals surface area contributed by atoms with Gasteiger partial charge < -0.3 is 44.9 Å². The minimum Gasteiger partial charge on any atom is -0.431 e. The normalized spacial score (nSPS) is 23.2. The monoisotopic (exact) mass is 783 g/mol. The Morgan fingerprint density at radius 2 is 1.48 bits per heavy atom. The molecule has 0 saturated carbocycles. The van der Waals surface area contributed by atoms with Gasteiger partial charge in [-0.05, 0) is 25.0 Å². The number of thiazole rings is 1. The number of methoxy groups -OCH3 is 2. The Bertz CT molecular complexity index is 1730. The van der Waals surface area contributed by atoms with E-state index in [1.54, 1.807) is 13.8 Å². The molecule has 0 unspecified atom stereocenters. The number of nitrogens with one attached hydrogen (secondary N) is 2. The summed E-state index contributed by atoms with van der Waals surface area (Å²) in [6.07, 6.45) is -2.84. The van der Waals surface area contributed by atoms with Crippen LogP contribution in [0.5, 0.6) is 0 Å². The van der Waals surface area contributed by atoms with Gasteiger partial charge in [-0.3, -0.25) is 29.0 Å². The first-order valence-electron chi connectivity index (χ1n) is 15.6. The molecule has 0 aromatic carbocycles. The molecule has 5 rings (SSSR count). The Balaban J connectivity index is 1.29. The van der Waals surface area contributed by atoms with Gasteiger partial charge in [-0.2, -0.15) is 0 Å². The quantitative estimate of drug-likeness (QED) is 0.0747.